The van der Waals surface area contributed by atoms with Gasteiger partial charge in [0, 0.05) is 11.3 Å². The van der Waals surface area contributed by atoms with Gasteiger partial charge in [0.2, 0.25) is 0 Å². The summed E-state index contributed by atoms with van der Waals surface area (Å²) in [5, 5.41) is 5.13. The maximum absolute atomic E-state index is 13.0. The Kier molecular flexibility index (Phi) is 6.87. The van der Waals surface area contributed by atoms with Crippen LogP contribution in [0.4, 0.5) is 23.9 Å². The van der Waals surface area contributed by atoms with Gasteiger partial charge in [-0.1, -0.05) is 23.8 Å². The van der Waals surface area contributed by atoms with E-state index in [2.05, 4.69) is 10.6 Å². The van der Waals surface area contributed by atoms with E-state index in [1.165, 1.54) is 19.1 Å². The lowest BCUT2D eigenvalue weighted by atomic mass is 10.1. The fourth-order valence-electron chi connectivity index (χ4n) is 3.09. The molecule has 0 saturated carbocycles. The van der Waals surface area contributed by atoms with Crippen LogP contribution >= 0.6 is 11.3 Å². The number of aryl methyl sites for hydroxylation is 1. The third-order valence-electron chi connectivity index (χ3n) is 4.70. The molecule has 10 heteroatoms. The van der Waals surface area contributed by atoms with Crippen molar-refractivity contribution >= 4 is 39.8 Å². The molecule has 0 radical (unpaired) electrons. The minimum Gasteiger partial charge on any atom is -0.465 e. The molecule has 0 bridgehead atoms. The quantitative estimate of drug-likeness (QED) is 0.465. The van der Waals surface area contributed by atoms with Gasteiger partial charge in [0.15, 0.2) is 0 Å². The fourth-order valence-corrected chi connectivity index (χ4v) is 4.17. The molecule has 0 unspecified atom stereocenters. The molecule has 2 aromatic carbocycles. The number of amides is 2. The zero-order chi connectivity index (χ0) is 24.3. The summed E-state index contributed by atoms with van der Waals surface area (Å²) in [7, 11) is 1.16. The first-order valence-corrected chi connectivity index (χ1v) is 10.4. The number of carbonyl (C=O) groups excluding carboxylic acids is 3. The molecule has 0 aliphatic heterocycles. The predicted octanol–water partition coefficient (Wildman–Crippen LogP) is 5.67. The van der Waals surface area contributed by atoms with E-state index < -0.39 is 29.5 Å². The SMILES string of the molecule is COC(=O)c1c(NC(=O)c2cccc(C)c2)sc(C(=O)Nc2cccc(C(F)(F)F)c2)c1C. The average Bonchev–Trinajstić information content (AvgIpc) is 3.08. The normalized spacial score (nSPS) is 11.1. The van der Waals surface area contributed by atoms with Crippen LogP contribution in [0.1, 0.15) is 47.1 Å². The van der Waals surface area contributed by atoms with Gasteiger partial charge in [-0.25, -0.2) is 4.79 Å². The molecule has 0 atom stereocenters. The second kappa shape index (κ2) is 9.45. The Morgan fingerprint density at radius 1 is 0.939 bits per heavy atom. The zero-order valence-corrected chi connectivity index (χ0v) is 18.6. The Labute approximate surface area is 191 Å². The summed E-state index contributed by atoms with van der Waals surface area (Å²) in [4.78, 5) is 37.9. The number of esters is 1. The number of anilines is 2. The first-order valence-electron chi connectivity index (χ1n) is 9.59. The van der Waals surface area contributed by atoms with Gasteiger partial charge in [0.05, 0.1) is 23.1 Å². The summed E-state index contributed by atoms with van der Waals surface area (Å²) in [6.07, 6.45) is -4.56. The number of hydrogen-bond acceptors (Lipinski definition) is 5. The minimum absolute atomic E-state index is 0.00213. The Balaban J connectivity index is 1.93. The van der Waals surface area contributed by atoms with Crippen molar-refractivity contribution in [2.24, 2.45) is 0 Å². The Hall–Kier alpha value is -3.66. The smallest absolute Gasteiger partial charge is 0.416 e. The Morgan fingerprint density at radius 2 is 1.64 bits per heavy atom. The second-order valence-electron chi connectivity index (χ2n) is 7.11. The number of carbonyl (C=O) groups is 3. The molecule has 0 aliphatic carbocycles. The van der Waals surface area contributed by atoms with E-state index in [0.29, 0.717) is 5.56 Å². The van der Waals surface area contributed by atoms with Gasteiger partial charge in [0.1, 0.15) is 5.00 Å². The van der Waals surface area contributed by atoms with Crippen molar-refractivity contribution in [3.63, 3.8) is 0 Å². The molecule has 33 heavy (non-hydrogen) atoms. The number of hydrogen-bond donors (Lipinski definition) is 2. The third-order valence-corrected chi connectivity index (χ3v) is 5.90. The van der Waals surface area contributed by atoms with E-state index in [0.717, 1.165) is 36.1 Å². The largest absolute Gasteiger partial charge is 0.465 e. The molecule has 6 nitrogen and oxygen atoms in total. The first kappa shape index (κ1) is 24.0. The van der Waals surface area contributed by atoms with Gasteiger partial charge in [-0.15, -0.1) is 11.3 Å². The second-order valence-corrected chi connectivity index (χ2v) is 8.13. The zero-order valence-electron chi connectivity index (χ0n) is 17.8. The lowest BCUT2D eigenvalue weighted by Crippen LogP contribution is -2.14. The van der Waals surface area contributed by atoms with E-state index >= 15 is 0 Å². The van der Waals surface area contributed by atoms with Gasteiger partial charge in [-0.3, -0.25) is 9.59 Å². The van der Waals surface area contributed by atoms with E-state index in [1.807, 2.05) is 13.0 Å². The third kappa shape index (κ3) is 5.40. The monoisotopic (exact) mass is 476 g/mol. The molecule has 2 N–H and O–H groups in total. The summed E-state index contributed by atoms with van der Waals surface area (Å²) in [5.41, 5.74) is 0.469. The molecule has 2 amide bonds. The van der Waals surface area contributed by atoms with Crippen molar-refractivity contribution in [1.82, 2.24) is 0 Å². The van der Waals surface area contributed by atoms with Crippen LogP contribution in [0.2, 0.25) is 0 Å². The van der Waals surface area contributed by atoms with Crippen molar-refractivity contribution in [3.8, 4) is 0 Å². The number of nitrogens with one attached hydrogen (secondary N) is 2. The number of rotatable bonds is 5. The van der Waals surface area contributed by atoms with Gasteiger partial charge in [-0.2, -0.15) is 13.2 Å². The highest BCUT2D eigenvalue weighted by Gasteiger charge is 2.31. The first-order chi connectivity index (χ1) is 15.5. The summed E-state index contributed by atoms with van der Waals surface area (Å²) in [6, 6.07) is 11.0. The number of halogens is 3. The predicted molar refractivity (Wildman–Crippen MR) is 119 cm³/mol. The highest BCUT2D eigenvalue weighted by molar-refractivity contribution is 7.19. The number of thiophene rings is 1. The van der Waals surface area contributed by atoms with Gasteiger partial charge < -0.3 is 15.4 Å². The minimum atomic E-state index is -4.56. The summed E-state index contributed by atoms with van der Waals surface area (Å²) in [5.74, 6) is -1.98. The van der Waals surface area contributed by atoms with Crippen molar-refractivity contribution in [2.75, 3.05) is 17.7 Å². The molecule has 0 saturated heterocycles. The Bertz CT molecular complexity index is 1230. The maximum Gasteiger partial charge on any atom is 0.416 e. The van der Waals surface area contributed by atoms with Crippen LogP contribution in [0.15, 0.2) is 48.5 Å². The van der Waals surface area contributed by atoms with E-state index in [9.17, 15) is 27.6 Å². The number of benzene rings is 2. The van der Waals surface area contributed by atoms with Crippen LogP contribution in [-0.4, -0.2) is 24.9 Å². The number of methoxy groups -OCH3 is 1. The number of ether oxygens (including phenoxy) is 1. The van der Waals surface area contributed by atoms with Gasteiger partial charge >= 0.3 is 12.1 Å². The van der Waals surface area contributed by atoms with Gasteiger partial charge in [-0.05, 0) is 49.7 Å². The maximum atomic E-state index is 13.0. The highest BCUT2D eigenvalue weighted by atomic mass is 32.1. The van der Waals surface area contributed by atoms with Crippen LogP contribution in [-0.2, 0) is 10.9 Å². The van der Waals surface area contributed by atoms with Crippen molar-refractivity contribution in [2.45, 2.75) is 20.0 Å². The number of alkyl halides is 3. The fraction of sp³-hybridized carbons (Fsp3) is 0.174. The molecule has 3 aromatic rings. The highest BCUT2D eigenvalue weighted by Crippen LogP contribution is 2.35. The molecule has 0 fully saturated rings. The standard InChI is InChI=1S/C23H19F3N2O4S/c1-12-6-4-7-14(10-12)19(29)28-21-17(22(31)32-3)13(2)18(33-21)20(30)27-16-9-5-8-15(11-16)23(24,25)26/h4-11H,1-3H3,(H,27,30)(H,28,29). The topological polar surface area (TPSA) is 84.5 Å². The van der Waals surface area contributed by atoms with Crippen LogP contribution in [0.25, 0.3) is 0 Å². The van der Waals surface area contributed by atoms with Gasteiger partial charge in [0.25, 0.3) is 11.8 Å². The van der Waals surface area contributed by atoms with E-state index in [4.69, 9.17) is 4.74 Å². The lowest BCUT2D eigenvalue weighted by Gasteiger charge is -2.09. The molecular formula is C23H19F3N2O4S. The molecule has 0 aliphatic rings. The molecule has 3 rings (SSSR count). The lowest BCUT2D eigenvalue weighted by molar-refractivity contribution is -0.137. The van der Waals surface area contributed by atoms with Crippen molar-refractivity contribution in [3.05, 3.63) is 81.2 Å². The molecule has 0 spiro atoms. The van der Waals surface area contributed by atoms with Crippen LogP contribution < -0.4 is 10.6 Å². The van der Waals surface area contributed by atoms with Crippen LogP contribution in [0.5, 0.6) is 0 Å². The van der Waals surface area contributed by atoms with Crippen molar-refractivity contribution in [1.29, 1.82) is 0 Å². The average molecular weight is 476 g/mol. The summed E-state index contributed by atoms with van der Waals surface area (Å²) >= 11 is 0.827. The van der Waals surface area contributed by atoms with Crippen molar-refractivity contribution < 1.29 is 32.3 Å². The molecular weight excluding hydrogens is 457 g/mol. The summed E-state index contributed by atoms with van der Waals surface area (Å²) < 4.78 is 43.7. The molecule has 1 heterocycles. The molecule has 1 aromatic heterocycles. The van der Waals surface area contributed by atoms with Crippen LogP contribution in [0, 0.1) is 13.8 Å². The van der Waals surface area contributed by atoms with Crippen LogP contribution in [0.3, 0.4) is 0 Å². The summed E-state index contributed by atoms with van der Waals surface area (Å²) in [6.45, 7) is 3.31. The molecule has 172 valence electrons. The Morgan fingerprint density at radius 3 is 2.27 bits per heavy atom. The van der Waals surface area contributed by atoms with E-state index in [-0.39, 0.29) is 26.7 Å². The van der Waals surface area contributed by atoms with E-state index in [1.54, 1.807) is 18.2 Å².